The fourth-order valence-corrected chi connectivity index (χ4v) is 3.81. The predicted octanol–water partition coefficient (Wildman–Crippen LogP) is 2.63. The van der Waals surface area contributed by atoms with Gasteiger partial charge in [0.25, 0.3) is 0 Å². The summed E-state index contributed by atoms with van der Waals surface area (Å²) in [5, 5.41) is 30.4. The number of rotatable bonds is 7. The SMILES string of the molecule is CCOc1ccc(Cc2cc(C3(OC)C[C@@H](O)[C@H](O)[C@@H](CO)O3)ccc2Cl)cc1. The normalized spacial score (nSPS) is 27.0. The molecule has 1 heterocycles. The Labute approximate surface area is 175 Å². The highest BCUT2D eigenvalue weighted by Crippen LogP contribution is 2.40. The highest BCUT2D eigenvalue weighted by molar-refractivity contribution is 6.31. The Hall–Kier alpha value is -1.67. The van der Waals surface area contributed by atoms with Crippen molar-refractivity contribution in [3.63, 3.8) is 0 Å². The van der Waals surface area contributed by atoms with E-state index in [1.54, 1.807) is 12.1 Å². The zero-order chi connectivity index (χ0) is 21.0. The summed E-state index contributed by atoms with van der Waals surface area (Å²) in [6.45, 7) is 2.12. The van der Waals surface area contributed by atoms with Gasteiger partial charge in [-0.25, -0.2) is 0 Å². The average Bonchev–Trinajstić information content (AvgIpc) is 2.73. The predicted molar refractivity (Wildman–Crippen MR) is 109 cm³/mol. The number of hydrogen-bond donors (Lipinski definition) is 3. The number of aliphatic hydroxyl groups excluding tert-OH is 3. The van der Waals surface area contributed by atoms with Gasteiger partial charge in [-0.05, 0) is 48.7 Å². The van der Waals surface area contributed by atoms with E-state index in [1.165, 1.54) is 7.11 Å². The van der Waals surface area contributed by atoms with Gasteiger partial charge < -0.3 is 29.5 Å². The largest absolute Gasteiger partial charge is 0.494 e. The van der Waals surface area contributed by atoms with Crippen LogP contribution < -0.4 is 4.74 Å². The van der Waals surface area contributed by atoms with Crippen LogP contribution in [0.2, 0.25) is 5.02 Å². The van der Waals surface area contributed by atoms with Crippen molar-refractivity contribution in [1.82, 2.24) is 0 Å². The van der Waals surface area contributed by atoms with Gasteiger partial charge >= 0.3 is 0 Å². The molecule has 0 saturated carbocycles. The van der Waals surface area contributed by atoms with Crippen LogP contribution in [0.5, 0.6) is 5.75 Å². The zero-order valence-corrected chi connectivity index (χ0v) is 17.3. The number of benzene rings is 2. The minimum absolute atomic E-state index is 0.0330. The first-order valence-electron chi connectivity index (χ1n) is 9.63. The minimum Gasteiger partial charge on any atom is -0.494 e. The lowest BCUT2D eigenvalue weighted by Crippen LogP contribution is -2.55. The lowest BCUT2D eigenvalue weighted by Gasteiger charge is -2.44. The Morgan fingerprint density at radius 3 is 2.52 bits per heavy atom. The first-order valence-corrected chi connectivity index (χ1v) is 10.0. The minimum atomic E-state index is -1.29. The summed E-state index contributed by atoms with van der Waals surface area (Å²) in [5.74, 6) is -0.475. The number of aliphatic hydroxyl groups is 3. The Balaban J connectivity index is 1.89. The first kappa shape index (κ1) is 22.0. The number of methoxy groups -OCH3 is 1. The molecule has 7 heteroatoms. The van der Waals surface area contributed by atoms with E-state index in [1.807, 2.05) is 37.3 Å². The van der Waals surface area contributed by atoms with Gasteiger partial charge in [-0.15, -0.1) is 0 Å². The zero-order valence-electron chi connectivity index (χ0n) is 16.5. The fraction of sp³-hybridized carbons (Fsp3) is 0.455. The Morgan fingerprint density at radius 1 is 1.17 bits per heavy atom. The Morgan fingerprint density at radius 2 is 1.90 bits per heavy atom. The van der Waals surface area contributed by atoms with Crippen LogP contribution in [-0.2, 0) is 21.7 Å². The maximum Gasteiger partial charge on any atom is 0.197 e. The lowest BCUT2D eigenvalue weighted by atomic mass is 9.89. The summed E-state index contributed by atoms with van der Waals surface area (Å²) < 4.78 is 17.0. The third-order valence-electron chi connectivity index (χ3n) is 5.22. The van der Waals surface area contributed by atoms with Gasteiger partial charge in [0.1, 0.15) is 18.0 Å². The molecule has 1 saturated heterocycles. The number of halogens is 1. The molecule has 29 heavy (non-hydrogen) atoms. The van der Waals surface area contributed by atoms with Crippen LogP contribution in [0.4, 0.5) is 0 Å². The van der Waals surface area contributed by atoms with Gasteiger partial charge in [0.2, 0.25) is 0 Å². The van der Waals surface area contributed by atoms with Crippen LogP contribution in [0, 0.1) is 0 Å². The van der Waals surface area contributed by atoms with Crippen molar-refractivity contribution in [3.8, 4) is 5.75 Å². The standard InChI is InChI=1S/C22H27ClO6/c1-3-28-17-7-4-14(5-8-17)10-15-11-16(6-9-18(15)23)22(27-2)12-19(25)21(26)20(13-24)29-22/h4-9,11,19-21,24-26H,3,10,12-13H2,1-2H3/t19-,20-,21+,22?/m1/s1. The van der Waals surface area contributed by atoms with Gasteiger partial charge in [-0.2, -0.15) is 0 Å². The Kier molecular flexibility index (Phi) is 7.16. The van der Waals surface area contributed by atoms with E-state index >= 15 is 0 Å². The number of hydrogen-bond acceptors (Lipinski definition) is 6. The molecule has 3 rings (SSSR count). The first-order chi connectivity index (χ1) is 13.9. The average molecular weight is 423 g/mol. The van der Waals surface area contributed by atoms with Gasteiger partial charge in [-0.1, -0.05) is 29.8 Å². The van der Waals surface area contributed by atoms with E-state index in [-0.39, 0.29) is 6.42 Å². The second kappa shape index (κ2) is 9.43. The van der Waals surface area contributed by atoms with Gasteiger partial charge in [0, 0.05) is 24.1 Å². The number of ether oxygens (including phenoxy) is 3. The summed E-state index contributed by atoms with van der Waals surface area (Å²) in [5.41, 5.74) is 2.59. The summed E-state index contributed by atoms with van der Waals surface area (Å²) in [6, 6.07) is 13.2. The Bertz CT molecular complexity index is 811. The van der Waals surface area contributed by atoms with Crippen molar-refractivity contribution in [1.29, 1.82) is 0 Å². The van der Waals surface area contributed by atoms with E-state index < -0.39 is 30.7 Å². The van der Waals surface area contributed by atoms with Gasteiger partial charge in [0.15, 0.2) is 5.79 Å². The van der Waals surface area contributed by atoms with E-state index in [9.17, 15) is 15.3 Å². The second-order valence-corrected chi connectivity index (χ2v) is 7.53. The van der Waals surface area contributed by atoms with Crippen LogP contribution in [0.3, 0.4) is 0 Å². The quantitative estimate of drug-likeness (QED) is 0.635. The molecule has 0 aromatic heterocycles. The smallest absolute Gasteiger partial charge is 0.197 e. The third-order valence-corrected chi connectivity index (χ3v) is 5.59. The van der Waals surface area contributed by atoms with Gasteiger partial charge in [-0.3, -0.25) is 0 Å². The lowest BCUT2D eigenvalue weighted by molar-refractivity contribution is -0.323. The molecule has 4 atom stereocenters. The summed E-state index contributed by atoms with van der Waals surface area (Å²) in [6.07, 6.45) is -2.60. The van der Waals surface area contributed by atoms with Crippen LogP contribution in [0.15, 0.2) is 42.5 Å². The fourth-order valence-electron chi connectivity index (χ4n) is 3.62. The molecule has 6 nitrogen and oxygen atoms in total. The molecular formula is C22H27ClO6. The van der Waals surface area contributed by atoms with E-state index in [0.29, 0.717) is 23.6 Å². The van der Waals surface area contributed by atoms with Crippen LogP contribution in [-0.4, -0.2) is 54.0 Å². The highest BCUT2D eigenvalue weighted by Gasteiger charge is 2.47. The third kappa shape index (κ3) is 4.74. The molecule has 1 aliphatic rings. The van der Waals surface area contributed by atoms with Crippen molar-refractivity contribution < 1.29 is 29.5 Å². The van der Waals surface area contributed by atoms with Crippen molar-refractivity contribution in [3.05, 3.63) is 64.2 Å². The summed E-state index contributed by atoms with van der Waals surface area (Å²) in [4.78, 5) is 0. The molecule has 0 bridgehead atoms. The molecule has 0 radical (unpaired) electrons. The van der Waals surface area contributed by atoms with Crippen molar-refractivity contribution in [2.75, 3.05) is 20.3 Å². The molecular weight excluding hydrogens is 396 g/mol. The molecule has 0 aliphatic carbocycles. The molecule has 0 spiro atoms. The van der Waals surface area contributed by atoms with Gasteiger partial charge in [0.05, 0.1) is 19.3 Å². The van der Waals surface area contributed by atoms with Crippen molar-refractivity contribution >= 4 is 11.6 Å². The van der Waals surface area contributed by atoms with E-state index in [0.717, 1.165) is 16.9 Å². The van der Waals surface area contributed by atoms with E-state index in [2.05, 4.69) is 0 Å². The molecule has 0 amide bonds. The maximum absolute atomic E-state index is 10.3. The van der Waals surface area contributed by atoms with Crippen LogP contribution in [0.25, 0.3) is 0 Å². The summed E-state index contributed by atoms with van der Waals surface area (Å²) >= 11 is 6.43. The van der Waals surface area contributed by atoms with Crippen LogP contribution in [0.1, 0.15) is 30.0 Å². The maximum atomic E-state index is 10.3. The molecule has 3 N–H and O–H groups in total. The molecule has 1 aliphatic heterocycles. The topological polar surface area (TPSA) is 88.4 Å². The van der Waals surface area contributed by atoms with Crippen molar-refractivity contribution in [2.24, 2.45) is 0 Å². The molecule has 2 aromatic carbocycles. The highest BCUT2D eigenvalue weighted by atomic mass is 35.5. The van der Waals surface area contributed by atoms with E-state index in [4.69, 9.17) is 25.8 Å². The second-order valence-electron chi connectivity index (χ2n) is 7.12. The van der Waals surface area contributed by atoms with Crippen LogP contribution >= 0.6 is 11.6 Å². The molecule has 1 fully saturated rings. The monoisotopic (exact) mass is 422 g/mol. The molecule has 2 aromatic rings. The molecule has 1 unspecified atom stereocenters. The molecule has 158 valence electrons. The summed E-state index contributed by atoms with van der Waals surface area (Å²) in [7, 11) is 1.47. The van der Waals surface area contributed by atoms with Crippen molar-refractivity contribution in [2.45, 2.75) is 43.9 Å².